The van der Waals surface area contributed by atoms with Gasteiger partial charge in [0.1, 0.15) is 5.75 Å². The molecule has 2 amide bonds. The minimum Gasteiger partial charge on any atom is -0.484 e. The zero-order valence-electron chi connectivity index (χ0n) is 14.9. The molecule has 2 N–H and O–H groups in total. The molecule has 6 nitrogen and oxygen atoms in total. The van der Waals surface area contributed by atoms with Crippen molar-refractivity contribution in [1.82, 2.24) is 0 Å². The third-order valence-corrected chi connectivity index (χ3v) is 4.31. The number of ether oxygens (including phenoxy) is 1. The van der Waals surface area contributed by atoms with Crippen molar-refractivity contribution in [3.63, 3.8) is 0 Å². The molecule has 1 heterocycles. The van der Waals surface area contributed by atoms with Crippen LogP contribution >= 0.6 is 11.8 Å². The maximum absolute atomic E-state index is 12.3. The van der Waals surface area contributed by atoms with E-state index >= 15 is 0 Å². The van der Waals surface area contributed by atoms with E-state index in [1.165, 1.54) is 18.4 Å². The number of alkyl halides is 2. The Morgan fingerprint density at radius 2 is 1.62 bits per heavy atom. The Morgan fingerprint density at radius 3 is 2.24 bits per heavy atom. The molecule has 0 bridgehead atoms. The average molecular weight is 418 g/mol. The summed E-state index contributed by atoms with van der Waals surface area (Å²) in [5.41, 5.74) is 1.03. The lowest BCUT2D eigenvalue weighted by Crippen LogP contribution is -2.20. The van der Waals surface area contributed by atoms with E-state index in [1.807, 2.05) is 0 Å². The van der Waals surface area contributed by atoms with Gasteiger partial charge in [-0.2, -0.15) is 8.78 Å². The largest absolute Gasteiger partial charge is 0.484 e. The van der Waals surface area contributed by atoms with Crippen LogP contribution in [-0.2, 0) is 4.79 Å². The van der Waals surface area contributed by atoms with Gasteiger partial charge in [-0.15, -0.1) is 0 Å². The van der Waals surface area contributed by atoms with Crippen molar-refractivity contribution in [1.29, 1.82) is 0 Å². The summed E-state index contributed by atoms with van der Waals surface area (Å²) in [4.78, 5) is 24.3. The van der Waals surface area contributed by atoms with Gasteiger partial charge >= 0.3 is 0 Å². The fourth-order valence-electron chi connectivity index (χ4n) is 2.30. The minimum atomic E-state index is -2.49. The molecule has 0 saturated heterocycles. The van der Waals surface area contributed by atoms with Crippen LogP contribution in [0.4, 0.5) is 20.2 Å². The number of furan rings is 1. The maximum Gasteiger partial charge on any atom is 0.291 e. The Bertz CT molecular complexity index is 946. The number of rotatable bonds is 8. The number of halogens is 2. The average Bonchev–Trinajstić information content (AvgIpc) is 3.24. The van der Waals surface area contributed by atoms with Crippen molar-refractivity contribution in [3.8, 4) is 5.75 Å². The molecular weight excluding hydrogens is 402 g/mol. The summed E-state index contributed by atoms with van der Waals surface area (Å²) < 4.78 is 35.0. The topological polar surface area (TPSA) is 80.6 Å². The van der Waals surface area contributed by atoms with Crippen LogP contribution in [0.1, 0.15) is 10.6 Å². The number of hydrogen-bond donors (Lipinski definition) is 2. The molecule has 0 radical (unpaired) electrons. The van der Waals surface area contributed by atoms with E-state index in [0.717, 1.165) is 0 Å². The number of anilines is 2. The smallest absolute Gasteiger partial charge is 0.291 e. The zero-order chi connectivity index (χ0) is 20.6. The van der Waals surface area contributed by atoms with Gasteiger partial charge in [0, 0.05) is 16.3 Å². The van der Waals surface area contributed by atoms with Gasteiger partial charge in [-0.05, 0) is 60.7 Å². The molecule has 0 saturated carbocycles. The molecule has 0 atom stereocenters. The fraction of sp³-hybridized carbons (Fsp3) is 0.100. The lowest BCUT2D eigenvalue weighted by molar-refractivity contribution is -0.118. The lowest BCUT2D eigenvalue weighted by atomic mass is 10.3. The second-order valence-electron chi connectivity index (χ2n) is 5.70. The van der Waals surface area contributed by atoms with Crippen molar-refractivity contribution in [2.45, 2.75) is 10.7 Å². The predicted octanol–water partition coefficient (Wildman–Crippen LogP) is 4.86. The van der Waals surface area contributed by atoms with Gasteiger partial charge in [0.05, 0.1) is 6.26 Å². The molecule has 1 aromatic heterocycles. The van der Waals surface area contributed by atoms with Gasteiger partial charge < -0.3 is 19.8 Å². The highest BCUT2D eigenvalue weighted by Crippen LogP contribution is 2.26. The highest BCUT2D eigenvalue weighted by atomic mass is 32.2. The number of amides is 2. The SMILES string of the molecule is O=C(COc1ccc(NC(=O)c2ccco2)cc1)Nc1ccc(SC(F)F)cc1. The van der Waals surface area contributed by atoms with Crippen LogP contribution in [0.3, 0.4) is 0 Å². The van der Waals surface area contributed by atoms with Crippen LogP contribution in [0, 0.1) is 0 Å². The first kappa shape index (κ1) is 20.4. The predicted molar refractivity (Wildman–Crippen MR) is 106 cm³/mol. The van der Waals surface area contributed by atoms with Crippen molar-refractivity contribution in [2.24, 2.45) is 0 Å². The first-order valence-corrected chi connectivity index (χ1v) is 9.30. The van der Waals surface area contributed by atoms with Gasteiger partial charge in [-0.1, -0.05) is 11.8 Å². The van der Waals surface area contributed by atoms with E-state index in [4.69, 9.17) is 9.15 Å². The molecule has 2 aromatic carbocycles. The third-order valence-electron chi connectivity index (χ3n) is 3.59. The second kappa shape index (κ2) is 9.74. The first-order chi connectivity index (χ1) is 14.0. The van der Waals surface area contributed by atoms with Gasteiger partial charge in [-0.25, -0.2) is 0 Å². The van der Waals surface area contributed by atoms with Crippen molar-refractivity contribution >= 4 is 35.0 Å². The van der Waals surface area contributed by atoms with Crippen LogP contribution in [-0.4, -0.2) is 24.2 Å². The van der Waals surface area contributed by atoms with Crippen LogP contribution < -0.4 is 15.4 Å². The van der Waals surface area contributed by atoms with Crippen molar-refractivity contribution in [3.05, 3.63) is 72.7 Å². The highest BCUT2D eigenvalue weighted by molar-refractivity contribution is 7.99. The maximum atomic E-state index is 12.3. The molecule has 0 fully saturated rings. The molecule has 3 rings (SSSR count). The van der Waals surface area contributed by atoms with Crippen molar-refractivity contribution in [2.75, 3.05) is 17.2 Å². The minimum absolute atomic E-state index is 0.197. The van der Waals surface area contributed by atoms with Crippen LogP contribution in [0.15, 0.2) is 76.2 Å². The molecule has 9 heteroatoms. The summed E-state index contributed by atoms with van der Waals surface area (Å²) in [5.74, 6) is -2.62. The Kier molecular flexibility index (Phi) is 6.85. The van der Waals surface area contributed by atoms with E-state index in [0.29, 0.717) is 33.8 Å². The summed E-state index contributed by atoms with van der Waals surface area (Å²) >= 11 is 0.435. The summed E-state index contributed by atoms with van der Waals surface area (Å²) in [5, 5.41) is 5.29. The number of carbonyl (C=O) groups is 2. The zero-order valence-corrected chi connectivity index (χ0v) is 15.7. The van der Waals surface area contributed by atoms with E-state index in [2.05, 4.69) is 10.6 Å². The number of hydrogen-bond acceptors (Lipinski definition) is 5. The number of thioether (sulfide) groups is 1. The molecule has 3 aromatic rings. The first-order valence-electron chi connectivity index (χ1n) is 8.42. The van der Waals surface area contributed by atoms with E-state index in [9.17, 15) is 18.4 Å². The second-order valence-corrected chi connectivity index (χ2v) is 6.76. The van der Waals surface area contributed by atoms with Crippen LogP contribution in [0.25, 0.3) is 0 Å². The summed E-state index contributed by atoms with van der Waals surface area (Å²) in [7, 11) is 0. The number of carbonyl (C=O) groups excluding carboxylic acids is 2. The van der Waals surface area contributed by atoms with Crippen molar-refractivity contribution < 1.29 is 27.5 Å². The van der Waals surface area contributed by atoms with E-state index in [1.54, 1.807) is 48.5 Å². The summed E-state index contributed by atoms with van der Waals surface area (Å²) in [6.07, 6.45) is 1.41. The van der Waals surface area contributed by atoms with Gasteiger partial charge in [0.15, 0.2) is 12.4 Å². The standard InChI is InChI=1S/C20H16F2N2O4S/c21-20(22)29-16-9-5-13(6-10-16)23-18(25)12-28-15-7-3-14(4-8-15)24-19(26)17-2-1-11-27-17/h1-11,20H,12H2,(H,23,25)(H,24,26). The fourth-order valence-corrected chi connectivity index (χ4v) is 2.80. The molecule has 29 heavy (non-hydrogen) atoms. The Hall–Kier alpha value is -3.33. The molecule has 150 valence electrons. The quantitative estimate of drug-likeness (QED) is 0.511. The molecule has 0 aliphatic rings. The van der Waals surface area contributed by atoms with Crippen LogP contribution in [0.5, 0.6) is 5.75 Å². The van der Waals surface area contributed by atoms with Crippen LogP contribution in [0.2, 0.25) is 0 Å². The van der Waals surface area contributed by atoms with Gasteiger partial charge in [-0.3, -0.25) is 9.59 Å². The normalized spacial score (nSPS) is 10.6. The highest BCUT2D eigenvalue weighted by Gasteiger charge is 2.09. The molecule has 0 aliphatic heterocycles. The third kappa shape index (κ3) is 6.35. The molecule has 0 aliphatic carbocycles. The van der Waals surface area contributed by atoms with Gasteiger partial charge in [0.2, 0.25) is 0 Å². The lowest BCUT2D eigenvalue weighted by Gasteiger charge is -2.09. The monoisotopic (exact) mass is 418 g/mol. The van der Waals surface area contributed by atoms with Gasteiger partial charge in [0.25, 0.3) is 17.6 Å². The number of nitrogens with one attached hydrogen (secondary N) is 2. The van der Waals surface area contributed by atoms with E-state index < -0.39 is 11.7 Å². The molecular formula is C20H16F2N2O4S. The number of benzene rings is 2. The Balaban J connectivity index is 1.45. The Labute approximate surface area is 169 Å². The molecule has 0 unspecified atom stereocenters. The molecule has 0 spiro atoms. The Morgan fingerprint density at radius 1 is 0.966 bits per heavy atom. The van der Waals surface area contributed by atoms with E-state index in [-0.39, 0.29) is 18.3 Å². The summed E-state index contributed by atoms with van der Waals surface area (Å²) in [6.45, 7) is -0.231. The summed E-state index contributed by atoms with van der Waals surface area (Å²) in [6, 6.07) is 15.7.